The van der Waals surface area contributed by atoms with Crippen molar-refractivity contribution in [3.63, 3.8) is 0 Å². The molecule has 0 amide bonds. The normalized spacial score (nSPS) is 17.4. The van der Waals surface area contributed by atoms with Crippen LogP contribution >= 0.6 is 12.4 Å². The standard InChI is InChI=1S/C16H23F3N2O.ClH/c1-3-4-15(21-7-5-20-6-8-21)12-9-13(16(17,18)19)11-14(10-12)22-2;/h9-11,15,20H,3-8H2,1-2H3;1H/t15-;/m0./s1. The summed E-state index contributed by atoms with van der Waals surface area (Å²) in [4.78, 5) is 2.26. The lowest BCUT2D eigenvalue weighted by molar-refractivity contribution is -0.137. The van der Waals surface area contributed by atoms with Gasteiger partial charge in [0.05, 0.1) is 12.7 Å². The zero-order valence-corrected chi connectivity index (χ0v) is 14.3. The molecule has 0 radical (unpaired) electrons. The molecule has 1 saturated heterocycles. The number of rotatable bonds is 5. The number of halogens is 4. The summed E-state index contributed by atoms with van der Waals surface area (Å²) in [6.07, 6.45) is -2.60. The van der Waals surface area contributed by atoms with E-state index in [4.69, 9.17) is 4.74 Å². The number of piperazine rings is 1. The third-order valence-corrected chi connectivity index (χ3v) is 4.03. The monoisotopic (exact) mass is 352 g/mol. The number of ether oxygens (including phenoxy) is 1. The SMILES string of the molecule is CCC[C@@H](c1cc(OC)cc(C(F)(F)F)c1)N1CCNCC1.Cl. The van der Waals surface area contributed by atoms with E-state index in [0.29, 0.717) is 5.56 Å². The van der Waals surface area contributed by atoms with Crippen molar-refractivity contribution in [1.29, 1.82) is 0 Å². The molecule has 1 aromatic carbocycles. The molecule has 0 spiro atoms. The van der Waals surface area contributed by atoms with Gasteiger partial charge in [-0.15, -0.1) is 12.4 Å². The van der Waals surface area contributed by atoms with Crippen LogP contribution in [0.2, 0.25) is 0 Å². The van der Waals surface area contributed by atoms with Crippen molar-refractivity contribution in [3.05, 3.63) is 29.3 Å². The molecule has 1 N–H and O–H groups in total. The number of hydrogen-bond donors (Lipinski definition) is 1. The van der Waals surface area contributed by atoms with Crippen LogP contribution in [0.4, 0.5) is 13.2 Å². The predicted octanol–water partition coefficient (Wildman–Crippen LogP) is 3.88. The molecule has 3 nitrogen and oxygen atoms in total. The first-order valence-electron chi connectivity index (χ1n) is 7.66. The summed E-state index contributed by atoms with van der Waals surface area (Å²) in [6.45, 7) is 5.50. The molecular weight excluding hydrogens is 329 g/mol. The highest BCUT2D eigenvalue weighted by Gasteiger charge is 2.33. The maximum Gasteiger partial charge on any atom is 0.416 e. The van der Waals surface area contributed by atoms with Crippen molar-refractivity contribution in [3.8, 4) is 5.75 Å². The molecule has 7 heteroatoms. The Morgan fingerprint density at radius 1 is 1.22 bits per heavy atom. The summed E-state index contributed by atoms with van der Waals surface area (Å²) in [5, 5.41) is 3.27. The number of methoxy groups -OCH3 is 1. The first kappa shape index (κ1) is 20.1. The van der Waals surface area contributed by atoms with Crippen LogP contribution in [0.5, 0.6) is 5.75 Å². The van der Waals surface area contributed by atoms with Crippen LogP contribution in [0.1, 0.15) is 36.9 Å². The second-order valence-corrected chi connectivity index (χ2v) is 5.58. The second kappa shape index (κ2) is 8.76. The molecule has 1 aliphatic rings. The van der Waals surface area contributed by atoms with Crippen molar-refractivity contribution >= 4 is 12.4 Å². The maximum atomic E-state index is 13.1. The van der Waals surface area contributed by atoms with Gasteiger partial charge < -0.3 is 10.1 Å². The van der Waals surface area contributed by atoms with Gasteiger partial charge in [0.25, 0.3) is 0 Å². The summed E-state index contributed by atoms with van der Waals surface area (Å²) >= 11 is 0. The maximum absolute atomic E-state index is 13.1. The Bertz CT molecular complexity index is 491. The van der Waals surface area contributed by atoms with Gasteiger partial charge in [0.2, 0.25) is 0 Å². The predicted molar refractivity (Wildman–Crippen MR) is 87.3 cm³/mol. The van der Waals surface area contributed by atoms with Gasteiger partial charge in [-0.3, -0.25) is 4.90 Å². The van der Waals surface area contributed by atoms with Crippen LogP contribution in [-0.4, -0.2) is 38.2 Å². The van der Waals surface area contributed by atoms with Crippen LogP contribution in [-0.2, 0) is 6.18 Å². The van der Waals surface area contributed by atoms with E-state index in [1.165, 1.54) is 13.2 Å². The van der Waals surface area contributed by atoms with Crippen molar-refractivity contribution in [2.24, 2.45) is 0 Å². The largest absolute Gasteiger partial charge is 0.497 e. The third-order valence-electron chi connectivity index (χ3n) is 4.03. The van der Waals surface area contributed by atoms with Gasteiger partial charge in [-0.1, -0.05) is 13.3 Å². The molecule has 0 aliphatic carbocycles. The number of benzene rings is 1. The molecule has 0 saturated carbocycles. The Labute approximate surface area is 141 Å². The van der Waals surface area contributed by atoms with E-state index in [9.17, 15) is 13.2 Å². The lowest BCUT2D eigenvalue weighted by atomic mass is 9.97. The minimum absolute atomic E-state index is 0. The second-order valence-electron chi connectivity index (χ2n) is 5.58. The Morgan fingerprint density at radius 2 is 1.87 bits per heavy atom. The zero-order chi connectivity index (χ0) is 16.2. The Hall–Kier alpha value is -0.980. The highest BCUT2D eigenvalue weighted by molar-refractivity contribution is 5.85. The molecule has 1 fully saturated rings. The summed E-state index contributed by atoms with van der Waals surface area (Å²) in [5.41, 5.74) is 0.0495. The molecule has 0 unspecified atom stereocenters. The molecule has 1 aliphatic heterocycles. The van der Waals surface area contributed by atoms with Crippen LogP contribution in [0.25, 0.3) is 0 Å². The minimum atomic E-state index is -4.36. The molecule has 1 heterocycles. The zero-order valence-electron chi connectivity index (χ0n) is 13.4. The average Bonchev–Trinajstić information content (AvgIpc) is 2.52. The highest BCUT2D eigenvalue weighted by Crippen LogP contribution is 2.36. The molecule has 0 aromatic heterocycles. The van der Waals surface area contributed by atoms with Crippen LogP contribution < -0.4 is 10.1 Å². The van der Waals surface area contributed by atoms with E-state index in [-0.39, 0.29) is 24.2 Å². The molecule has 1 atom stereocenters. The van der Waals surface area contributed by atoms with Crippen LogP contribution in [0.15, 0.2) is 18.2 Å². The molecule has 132 valence electrons. The van der Waals surface area contributed by atoms with Gasteiger partial charge in [0, 0.05) is 32.2 Å². The van der Waals surface area contributed by atoms with Gasteiger partial charge in [-0.25, -0.2) is 0 Å². The van der Waals surface area contributed by atoms with E-state index in [1.807, 2.05) is 0 Å². The van der Waals surface area contributed by atoms with Crippen molar-refractivity contribution in [2.75, 3.05) is 33.3 Å². The summed E-state index contributed by atoms with van der Waals surface area (Å²) < 4.78 is 44.4. The fraction of sp³-hybridized carbons (Fsp3) is 0.625. The van der Waals surface area contributed by atoms with Gasteiger partial charge in [-0.05, 0) is 30.2 Å². The lowest BCUT2D eigenvalue weighted by Crippen LogP contribution is -2.45. The van der Waals surface area contributed by atoms with E-state index in [0.717, 1.165) is 45.1 Å². The van der Waals surface area contributed by atoms with E-state index >= 15 is 0 Å². The Balaban J connectivity index is 0.00000264. The van der Waals surface area contributed by atoms with E-state index in [1.54, 1.807) is 6.07 Å². The quantitative estimate of drug-likeness (QED) is 0.870. The fourth-order valence-corrected chi connectivity index (χ4v) is 2.92. The molecule has 1 aromatic rings. The fourth-order valence-electron chi connectivity index (χ4n) is 2.92. The summed E-state index contributed by atoms with van der Waals surface area (Å²) in [5.74, 6) is 0.265. The number of alkyl halides is 3. The van der Waals surface area contributed by atoms with E-state index in [2.05, 4.69) is 17.1 Å². The molecule has 0 bridgehead atoms. The van der Waals surface area contributed by atoms with E-state index < -0.39 is 11.7 Å². The number of nitrogens with one attached hydrogen (secondary N) is 1. The lowest BCUT2D eigenvalue weighted by Gasteiger charge is -2.35. The van der Waals surface area contributed by atoms with Crippen molar-refractivity contribution < 1.29 is 17.9 Å². The number of hydrogen-bond acceptors (Lipinski definition) is 3. The first-order chi connectivity index (χ1) is 10.5. The molecule has 23 heavy (non-hydrogen) atoms. The van der Waals surface area contributed by atoms with Gasteiger partial charge in [0.1, 0.15) is 5.75 Å². The highest BCUT2D eigenvalue weighted by atomic mass is 35.5. The van der Waals surface area contributed by atoms with Crippen LogP contribution in [0, 0.1) is 0 Å². The topological polar surface area (TPSA) is 24.5 Å². The molecular formula is C16H24ClF3N2O. The third kappa shape index (κ3) is 5.26. The first-order valence-corrected chi connectivity index (χ1v) is 7.66. The van der Waals surface area contributed by atoms with Crippen LogP contribution in [0.3, 0.4) is 0 Å². The Morgan fingerprint density at radius 3 is 2.39 bits per heavy atom. The minimum Gasteiger partial charge on any atom is -0.497 e. The van der Waals surface area contributed by atoms with Crippen molar-refractivity contribution in [2.45, 2.75) is 32.0 Å². The number of nitrogens with zero attached hydrogens (tertiary/aromatic N) is 1. The summed E-state index contributed by atoms with van der Waals surface area (Å²) in [6, 6.07) is 4.07. The molecule has 2 rings (SSSR count). The van der Waals surface area contributed by atoms with Gasteiger partial charge in [0.15, 0.2) is 0 Å². The van der Waals surface area contributed by atoms with Gasteiger partial charge >= 0.3 is 6.18 Å². The van der Waals surface area contributed by atoms with Gasteiger partial charge in [-0.2, -0.15) is 13.2 Å². The summed E-state index contributed by atoms with van der Waals surface area (Å²) in [7, 11) is 1.40. The smallest absolute Gasteiger partial charge is 0.416 e. The average molecular weight is 353 g/mol. The Kier molecular flexibility index (Phi) is 7.64. The van der Waals surface area contributed by atoms with Crippen molar-refractivity contribution in [1.82, 2.24) is 10.2 Å².